The first kappa shape index (κ1) is 13.1. The van der Waals surface area contributed by atoms with Crippen molar-refractivity contribution in [3.8, 4) is 22.6 Å². The van der Waals surface area contributed by atoms with E-state index >= 15 is 0 Å². The Morgan fingerprint density at radius 3 is 2.42 bits per heavy atom. The Hall–Kier alpha value is -2.31. The second kappa shape index (κ2) is 4.42. The van der Waals surface area contributed by atoms with Gasteiger partial charge in [-0.3, -0.25) is 0 Å². The van der Waals surface area contributed by atoms with Gasteiger partial charge in [0.25, 0.3) is 0 Å². The lowest BCUT2D eigenvalue weighted by atomic mass is 10.0. The molecule has 7 heteroatoms. The van der Waals surface area contributed by atoms with Crippen molar-refractivity contribution in [3.63, 3.8) is 0 Å². The van der Waals surface area contributed by atoms with Gasteiger partial charge in [-0.15, -0.1) is 0 Å². The molecule has 0 saturated carbocycles. The quantitative estimate of drug-likeness (QED) is 0.881. The van der Waals surface area contributed by atoms with E-state index in [2.05, 4.69) is 0 Å². The van der Waals surface area contributed by atoms with Gasteiger partial charge >= 0.3 is 6.18 Å². The van der Waals surface area contributed by atoms with E-state index in [1.165, 1.54) is 13.2 Å². The Morgan fingerprint density at radius 2 is 1.95 bits per heavy atom. The predicted octanol–water partition coefficient (Wildman–Crippen LogP) is 3.26. The first-order chi connectivity index (χ1) is 8.82. The highest BCUT2D eigenvalue weighted by atomic mass is 19.4. The molecule has 1 aromatic heterocycles. The van der Waals surface area contributed by atoms with E-state index in [0.717, 1.165) is 18.4 Å². The number of aromatic hydroxyl groups is 1. The lowest BCUT2D eigenvalue weighted by Gasteiger charge is -2.11. The number of benzene rings is 1. The van der Waals surface area contributed by atoms with Crippen LogP contribution < -0.4 is 10.5 Å². The molecule has 0 bridgehead atoms. The lowest BCUT2D eigenvalue weighted by Crippen LogP contribution is -2.05. The van der Waals surface area contributed by atoms with Crippen LogP contribution in [0.5, 0.6) is 11.5 Å². The van der Waals surface area contributed by atoms with E-state index in [-0.39, 0.29) is 28.5 Å². The van der Waals surface area contributed by atoms with Gasteiger partial charge in [-0.25, -0.2) is 0 Å². The van der Waals surface area contributed by atoms with Crippen molar-refractivity contribution in [3.05, 3.63) is 30.0 Å². The van der Waals surface area contributed by atoms with Gasteiger partial charge in [-0.1, -0.05) is 0 Å². The zero-order valence-electron chi connectivity index (χ0n) is 9.78. The van der Waals surface area contributed by atoms with Crippen LogP contribution in [0.1, 0.15) is 5.56 Å². The summed E-state index contributed by atoms with van der Waals surface area (Å²) in [5.74, 6) is -0.498. The number of rotatable bonds is 2. The SMILES string of the molecule is COc1cc(-c2c(O)coc2N)cc(C(F)(F)F)c1. The molecule has 2 rings (SSSR count). The molecule has 0 amide bonds. The minimum atomic E-state index is -4.53. The highest BCUT2D eigenvalue weighted by Crippen LogP contribution is 2.41. The maximum atomic E-state index is 12.8. The third-order valence-corrected chi connectivity index (χ3v) is 2.56. The third kappa shape index (κ3) is 2.44. The van der Waals surface area contributed by atoms with E-state index in [9.17, 15) is 18.3 Å². The molecule has 0 aliphatic rings. The Bertz CT molecular complexity index is 585. The van der Waals surface area contributed by atoms with Crippen molar-refractivity contribution < 1.29 is 27.4 Å². The zero-order valence-corrected chi connectivity index (χ0v) is 9.78. The highest BCUT2D eigenvalue weighted by Gasteiger charge is 2.32. The molecule has 0 aliphatic carbocycles. The molecule has 1 aromatic carbocycles. The zero-order chi connectivity index (χ0) is 14.2. The van der Waals surface area contributed by atoms with E-state index in [4.69, 9.17) is 14.9 Å². The monoisotopic (exact) mass is 273 g/mol. The number of ether oxygens (including phenoxy) is 1. The molecule has 19 heavy (non-hydrogen) atoms. The molecule has 2 aromatic rings. The van der Waals surface area contributed by atoms with Gasteiger partial charge in [0.15, 0.2) is 5.75 Å². The summed E-state index contributed by atoms with van der Waals surface area (Å²) in [6, 6.07) is 3.05. The summed E-state index contributed by atoms with van der Waals surface area (Å²) < 4.78 is 47.8. The number of alkyl halides is 3. The van der Waals surface area contributed by atoms with Crippen molar-refractivity contribution in [2.24, 2.45) is 0 Å². The smallest absolute Gasteiger partial charge is 0.416 e. The van der Waals surface area contributed by atoms with Crippen molar-refractivity contribution in [1.29, 1.82) is 0 Å². The lowest BCUT2D eigenvalue weighted by molar-refractivity contribution is -0.137. The standard InChI is InChI=1S/C12H10F3NO3/c1-18-8-3-6(2-7(4-8)12(13,14)15)10-9(17)5-19-11(10)16/h2-5,17H,16H2,1H3. The van der Waals surface area contributed by atoms with Crippen LogP contribution in [-0.2, 0) is 6.18 Å². The van der Waals surface area contributed by atoms with Crippen LogP contribution in [0.4, 0.5) is 19.1 Å². The first-order valence-corrected chi connectivity index (χ1v) is 5.15. The number of hydrogen-bond acceptors (Lipinski definition) is 4. The summed E-state index contributed by atoms with van der Waals surface area (Å²) in [4.78, 5) is 0. The normalized spacial score (nSPS) is 11.6. The predicted molar refractivity (Wildman–Crippen MR) is 61.8 cm³/mol. The molecule has 0 saturated heterocycles. The van der Waals surface area contributed by atoms with Crippen LogP contribution in [-0.4, -0.2) is 12.2 Å². The van der Waals surface area contributed by atoms with Gasteiger partial charge in [0.05, 0.1) is 18.2 Å². The first-order valence-electron chi connectivity index (χ1n) is 5.15. The fourth-order valence-electron chi connectivity index (χ4n) is 1.68. The van der Waals surface area contributed by atoms with E-state index in [1.807, 2.05) is 0 Å². The molecule has 0 unspecified atom stereocenters. The molecule has 0 radical (unpaired) electrons. The number of methoxy groups -OCH3 is 1. The Kier molecular flexibility index (Phi) is 3.05. The van der Waals surface area contributed by atoms with Crippen molar-refractivity contribution in [2.75, 3.05) is 12.8 Å². The molecule has 0 atom stereocenters. The van der Waals surface area contributed by atoms with Gasteiger partial charge in [0.2, 0.25) is 5.88 Å². The summed E-state index contributed by atoms with van der Waals surface area (Å²) >= 11 is 0. The van der Waals surface area contributed by atoms with Crippen molar-refractivity contribution in [2.45, 2.75) is 6.18 Å². The molecule has 3 N–H and O–H groups in total. The second-order valence-corrected chi connectivity index (χ2v) is 3.81. The molecular weight excluding hydrogens is 263 g/mol. The van der Waals surface area contributed by atoms with E-state index < -0.39 is 11.7 Å². The molecule has 1 heterocycles. The maximum Gasteiger partial charge on any atom is 0.416 e. The number of nitrogens with two attached hydrogens (primary N) is 1. The number of furan rings is 1. The number of nitrogen functional groups attached to an aromatic ring is 1. The number of halogens is 3. The summed E-state index contributed by atoms with van der Waals surface area (Å²) in [6.45, 7) is 0. The van der Waals surface area contributed by atoms with Gasteiger partial charge in [0, 0.05) is 0 Å². The Labute approximate surface area is 106 Å². The Morgan fingerprint density at radius 1 is 1.26 bits per heavy atom. The molecule has 0 aliphatic heterocycles. The maximum absolute atomic E-state index is 12.8. The van der Waals surface area contributed by atoms with Gasteiger partial charge in [0.1, 0.15) is 12.0 Å². The second-order valence-electron chi connectivity index (χ2n) is 3.81. The minimum absolute atomic E-state index is 0.00407. The van der Waals surface area contributed by atoms with Gasteiger partial charge in [-0.2, -0.15) is 13.2 Å². The van der Waals surface area contributed by atoms with Crippen molar-refractivity contribution in [1.82, 2.24) is 0 Å². The van der Waals surface area contributed by atoms with Gasteiger partial charge in [-0.05, 0) is 23.8 Å². The largest absolute Gasteiger partial charge is 0.504 e. The Balaban J connectivity index is 2.64. The van der Waals surface area contributed by atoms with Gasteiger partial charge < -0.3 is 20.0 Å². The summed E-state index contributed by atoms with van der Waals surface area (Å²) in [5.41, 5.74) is 4.64. The number of anilines is 1. The van der Waals surface area contributed by atoms with Crippen LogP contribution in [0, 0.1) is 0 Å². The number of hydrogen-bond donors (Lipinski definition) is 2. The third-order valence-electron chi connectivity index (χ3n) is 2.56. The summed E-state index contributed by atoms with van der Waals surface area (Å²) in [7, 11) is 1.25. The molecule has 102 valence electrons. The fourth-order valence-corrected chi connectivity index (χ4v) is 1.68. The summed E-state index contributed by atoms with van der Waals surface area (Å²) in [6.07, 6.45) is -3.57. The average Bonchev–Trinajstić information content (AvgIpc) is 2.67. The average molecular weight is 273 g/mol. The molecule has 0 spiro atoms. The van der Waals surface area contributed by atoms with E-state index in [0.29, 0.717) is 0 Å². The van der Waals surface area contributed by atoms with Crippen LogP contribution in [0.3, 0.4) is 0 Å². The minimum Gasteiger partial charge on any atom is -0.504 e. The van der Waals surface area contributed by atoms with E-state index in [1.54, 1.807) is 0 Å². The molecule has 0 fully saturated rings. The van der Waals surface area contributed by atoms with Crippen LogP contribution in [0.25, 0.3) is 11.1 Å². The van der Waals surface area contributed by atoms with Crippen molar-refractivity contribution >= 4 is 5.88 Å². The topological polar surface area (TPSA) is 68.6 Å². The molecular formula is C12H10F3NO3. The van der Waals surface area contributed by atoms with Crippen LogP contribution >= 0.6 is 0 Å². The highest BCUT2D eigenvalue weighted by molar-refractivity contribution is 5.80. The summed E-state index contributed by atoms with van der Waals surface area (Å²) in [5, 5.41) is 9.55. The van der Waals surface area contributed by atoms with Crippen LogP contribution in [0.2, 0.25) is 0 Å². The molecule has 4 nitrogen and oxygen atoms in total. The fraction of sp³-hybridized carbons (Fsp3) is 0.167. The van der Waals surface area contributed by atoms with Crippen LogP contribution in [0.15, 0.2) is 28.9 Å².